The molecule has 140 valence electrons. The van der Waals surface area contributed by atoms with Crippen molar-refractivity contribution in [2.75, 3.05) is 18.0 Å². The lowest BCUT2D eigenvalue weighted by atomic mass is 9.86. The van der Waals surface area contributed by atoms with Gasteiger partial charge >= 0.3 is 0 Å². The molecule has 1 aromatic heterocycles. The van der Waals surface area contributed by atoms with E-state index in [4.69, 9.17) is 0 Å². The fourth-order valence-electron chi connectivity index (χ4n) is 4.06. The number of anilines is 1. The van der Waals surface area contributed by atoms with Gasteiger partial charge in [-0.15, -0.1) is 0 Å². The van der Waals surface area contributed by atoms with E-state index in [1.807, 2.05) is 24.8 Å². The van der Waals surface area contributed by atoms with Gasteiger partial charge in [-0.05, 0) is 25.8 Å². The number of rotatable bonds is 4. The summed E-state index contributed by atoms with van der Waals surface area (Å²) in [4.78, 5) is 36.1. The number of nitro groups is 1. The predicted molar refractivity (Wildman–Crippen MR) is 99.6 cm³/mol. The lowest BCUT2D eigenvalue weighted by Gasteiger charge is -2.56. The Labute approximate surface area is 157 Å². The van der Waals surface area contributed by atoms with Crippen LogP contribution >= 0.6 is 0 Å². The number of piperazine rings is 1. The molecule has 8 nitrogen and oxygen atoms in total. The second-order valence-corrected chi connectivity index (χ2v) is 7.26. The quantitative estimate of drug-likeness (QED) is 0.606. The van der Waals surface area contributed by atoms with Gasteiger partial charge in [-0.1, -0.05) is 12.1 Å². The molecule has 0 aliphatic carbocycles. The van der Waals surface area contributed by atoms with E-state index in [9.17, 15) is 14.9 Å². The molecule has 27 heavy (non-hydrogen) atoms. The Morgan fingerprint density at radius 3 is 2.44 bits per heavy atom. The Morgan fingerprint density at radius 2 is 1.85 bits per heavy atom. The molecule has 5 rings (SSSR count). The molecule has 3 fully saturated rings. The minimum absolute atomic E-state index is 0.0399. The summed E-state index contributed by atoms with van der Waals surface area (Å²) in [6, 6.07) is 8.59. The topological polar surface area (TPSA) is 92.5 Å². The number of benzene rings is 1. The summed E-state index contributed by atoms with van der Waals surface area (Å²) in [5.41, 5.74) is 1.79. The van der Waals surface area contributed by atoms with Gasteiger partial charge in [0.05, 0.1) is 23.4 Å². The molecule has 1 aromatic carbocycles. The number of aromatic nitrogens is 2. The lowest BCUT2D eigenvalue weighted by Crippen LogP contribution is -2.70. The predicted octanol–water partition coefficient (Wildman–Crippen LogP) is 2.03. The van der Waals surface area contributed by atoms with Crippen molar-refractivity contribution in [1.82, 2.24) is 14.9 Å². The molecule has 0 saturated carbocycles. The van der Waals surface area contributed by atoms with Crippen molar-refractivity contribution in [3.63, 3.8) is 0 Å². The third-order valence-corrected chi connectivity index (χ3v) is 5.26. The van der Waals surface area contributed by atoms with E-state index >= 15 is 0 Å². The molecular formula is C19H21N5O3. The van der Waals surface area contributed by atoms with Crippen LogP contribution in [0.2, 0.25) is 0 Å². The molecule has 0 spiro atoms. The van der Waals surface area contributed by atoms with Crippen molar-refractivity contribution < 1.29 is 9.72 Å². The summed E-state index contributed by atoms with van der Waals surface area (Å²) >= 11 is 0. The lowest BCUT2D eigenvalue weighted by molar-refractivity contribution is -0.384. The second kappa shape index (κ2) is 6.61. The Morgan fingerprint density at radius 1 is 1.19 bits per heavy atom. The van der Waals surface area contributed by atoms with Gasteiger partial charge in [0.1, 0.15) is 11.6 Å². The monoisotopic (exact) mass is 367 g/mol. The normalized spacial score (nSPS) is 21.0. The van der Waals surface area contributed by atoms with Gasteiger partial charge in [-0.2, -0.15) is 0 Å². The van der Waals surface area contributed by atoms with Crippen molar-refractivity contribution in [2.45, 2.75) is 38.8 Å². The Balaban J connectivity index is 1.41. The number of fused-ring (bicyclic) bond motifs is 2. The maximum Gasteiger partial charge on any atom is 0.269 e. The van der Waals surface area contributed by atoms with Gasteiger partial charge in [0.2, 0.25) is 5.91 Å². The summed E-state index contributed by atoms with van der Waals surface area (Å²) in [6.07, 6.45) is 1.29. The van der Waals surface area contributed by atoms with Crippen LogP contribution in [0.15, 0.2) is 30.3 Å². The smallest absolute Gasteiger partial charge is 0.269 e. The molecule has 2 bridgehead atoms. The maximum absolute atomic E-state index is 12.7. The Bertz CT molecular complexity index is 866. The van der Waals surface area contributed by atoms with Crippen molar-refractivity contribution in [3.8, 4) is 0 Å². The first-order chi connectivity index (χ1) is 12.9. The molecule has 0 N–H and O–H groups in total. The van der Waals surface area contributed by atoms with E-state index in [0.29, 0.717) is 0 Å². The fraction of sp³-hybridized carbons (Fsp3) is 0.421. The van der Waals surface area contributed by atoms with Crippen LogP contribution in [0.25, 0.3) is 0 Å². The van der Waals surface area contributed by atoms with Crippen molar-refractivity contribution >= 4 is 17.4 Å². The van der Waals surface area contributed by atoms with Crippen LogP contribution < -0.4 is 4.90 Å². The fourth-order valence-corrected chi connectivity index (χ4v) is 4.06. The molecule has 3 aliphatic rings. The zero-order valence-electron chi connectivity index (χ0n) is 15.3. The average molecular weight is 367 g/mol. The van der Waals surface area contributed by atoms with E-state index in [2.05, 4.69) is 14.9 Å². The van der Waals surface area contributed by atoms with Crippen LogP contribution in [0, 0.1) is 24.0 Å². The van der Waals surface area contributed by atoms with Crippen molar-refractivity contribution in [1.29, 1.82) is 0 Å². The number of amides is 1. The molecular weight excluding hydrogens is 346 g/mol. The largest absolute Gasteiger partial charge is 0.352 e. The SMILES string of the molecule is Cc1cc(N2CC3CC(C2)N3C(=O)Cc2ccc([N+](=O)[O-])cc2)nc(C)n1. The van der Waals surface area contributed by atoms with E-state index in [1.165, 1.54) is 12.1 Å². The van der Waals surface area contributed by atoms with Crippen molar-refractivity contribution in [2.24, 2.45) is 0 Å². The van der Waals surface area contributed by atoms with E-state index in [-0.39, 0.29) is 30.1 Å². The molecule has 1 amide bonds. The second-order valence-electron chi connectivity index (χ2n) is 7.26. The number of hydrogen-bond acceptors (Lipinski definition) is 6. The van der Waals surface area contributed by atoms with Gasteiger partial charge in [-0.25, -0.2) is 9.97 Å². The highest BCUT2D eigenvalue weighted by atomic mass is 16.6. The minimum atomic E-state index is -0.434. The van der Waals surface area contributed by atoms with Crippen LogP contribution in [-0.2, 0) is 11.2 Å². The van der Waals surface area contributed by atoms with Crippen LogP contribution in [0.3, 0.4) is 0 Å². The highest BCUT2D eigenvalue weighted by Crippen LogP contribution is 2.34. The van der Waals surface area contributed by atoms with Crippen LogP contribution in [0.5, 0.6) is 0 Å². The first-order valence-electron chi connectivity index (χ1n) is 9.02. The average Bonchev–Trinajstić information content (AvgIpc) is 2.61. The highest BCUT2D eigenvalue weighted by Gasteiger charge is 2.47. The van der Waals surface area contributed by atoms with E-state index in [1.54, 1.807) is 12.1 Å². The summed E-state index contributed by atoms with van der Waals surface area (Å²) in [7, 11) is 0. The number of non-ortho nitro benzene ring substituents is 1. The van der Waals surface area contributed by atoms with Crippen molar-refractivity contribution in [3.05, 3.63) is 57.5 Å². The number of nitrogens with zero attached hydrogens (tertiary/aromatic N) is 5. The Kier molecular flexibility index (Phi) is 4.25. The third-order valence-electron chi connectivity index (χ3n) is 5.26. The standard InChI is InChI=1S/C19H21N5O3/c1-12-7-18(21-13(2)20-12)22-10-16-9-17(11-22)23(16)19(25)8-14-3-5-15(6-4-14)24(26)27/h3-7,16-17H,8-11H2,1-2H3. The Hall–Kier alpha value is -3.03. The van der Waals surface area contributed by atoms with Gasteiger partial charge < -0.3 is 9.80 Å². The van der Waals surface area contributed by atoms with E-state index < -0.39 is 4.92 Å². The molecule has 2 atom stereocenters. The molecule has 8 heteroatoms. The maximum atomic E-state index is 12.7. The van der Waals surface area contributed by atoms with Gasteiger partial charge in [-0.3, -0.25) is 14.9 Å². The summed E-state index contributed by atoms with van der Waals surface area (Å²) in [6.45, 7) is 5.40. The van der Waals surface area contributed by atoms with Crippen LogP contribution in [0.1, 0.15) is 23.5 Å². The first-order valence-corrected chi connectivity index (χ1v) is 9.02. The molecule has 2 unspecified atom stereocenters. The summed E-state index contributed by atoms with van der Waals surface area (Å²) < 4.78 is 0. The number of hydrogen-bond donors (Lipinski definition) is 0. The third kappa shape index (κ3) is 3.34. The number of carbonyl (C=O) groups is 1. The van der Waals surface area contributed by atoms with Crippen LogP contribution in [-0.4, -0.2) is 50.9 Å². The number of carbonyl (C=O) groups excluding carboxylic acids is 1. The zero-order chi connectivity index (χ0) is 19.1. The first kappa shape index (κ1) is 17.4. The number of aryl methyl sites for hydroxylation is 2. The number of nitro benzene ring substituents is 1. The summed E-state index contributed by atoms with van der Waals surface area (Å²) in [5, 5.41) is 10.7. The molecule has 3 aliphatic heterocycles. The highest BCUT2D eigenvalue weighted by molar-refractivity contribution is 5.81. The van der Waals surface area contributed by atoms with Crippen LogP contribution in [0.4, 0.5) is 11.5 Å². The van der Waals surface area contributed by atoms with E-state index in [0.717, 1.165) is 42.4 Å². The molecule has 2 aromatic rings. The van der Waals surface area contributed by atoms with Gasteiger partial charge in [0.15, 0.2) is 0 Å². The van der Waals surface area contributed by atoms with Gasteiger partial charge in [0.25, 0.3) is 5.69 Å². The summed E-state index contributed by atoms with van der Waals surface area (Å²) in [5.74, 6) is 1.77. The molecule has 3 saturated heterocycles. The minimum Gasteiger partial charge on any atom is -0.352 e. The number of piperidine rings is 1. The zero-order valence-corrected chi connectivity index (χ0v) is 15.3. The van der Waals surface area contributed by atoms with Gasteiger partial charge in [0, 0.05) is 37.0 Å². The molecule has 0 radical (unpaired) electrons. The molecule has 4 heterocycles.